The van der Waals surface area contributed by atoms with Gasteiger partial charge in [-0.05, 0) is 0 Å². The Hall–Kier alpha value is 0.350. The van der Waals surface area contributed by atoms with E-state index in [1.807, 2.05) is 6.66 Å². The molecule has 0 aromatic rings. The van der Waals surface area contributed by atoms with Gasteiger partial charge in [-0.15, -0.1) is 9.24 Å². The molecule has 0 spiro atoms. The van der Waals surface area contributed by atoms with E-state index in [0.29, 0.717) is 12.2 Å². The van der Waals surface area contributed by atoms with Crippen molar-refractivity contribution in [3.63, 3.8) is 0 Å². The van der Waals surface area contributed by atoms with Crippen molar-refractivity contribution < 1.29 is 4.74 Å². The molecule has 3 aliphatic heterocycles. The van der Waals surface area contributed by atoms with Gasteiger partial charge in [-0.25, -0.2) is 0 Å². The summed E-state index contributed by atoms with van der Waals surface area (Å²) in [6, 6.07) is 0. The normalized spacial score (nSPS) is 38.0. The first-order chi connectivity index (χ1) is 4.45. The zero-order valence-electron chi connectivity index (χ0n) is 5.76. The van der Waals surface area contributed by atoms with E-state index in [1.54, 1.807) is 0 Å². The molecule has 9 heavy (non-hydrogen) atoms. The van der Waals surface area contributed by atoms with Crippen LogP contribution < -0.4 is 5.32 Å². The number of morpholine rings is 1. The Bertz CT molecular complexity index is 69.6. The molecule has 3 unspecified atom stereocenters. The van der Waals surface area contributed by atoms with E-state index >= 15 is 0 Å². The largest absolute Gasteiger partial charge is 0.372 e. The number of fused-ring (bicyclic) bond motifs is 2. The Labute approximate surface area is 58.6 Å². The number of ether oxygens (including phenoxy) is 1. The van der Waals surface area contributed by atoms with Gasteiger partial charge >= 0.3 is 0 Å². The molecule has 54 valence electrons. The summed E-state index contributed by atoms with van der Waals surface area (Å²) < 4.78 is 5.31. The van der Waals surface area contributed by atoms with E-state index in [9.17, 15) is 0 Å². The molecule has 0 amide bonds. The SMILES string of the molecule is C1NCC2CC1O2.CP. The Morgan fingerprint density at radius 3 is 1.89 bits per heavy atom. The monoisotopic (exact) mass is 147 g/mol. The van der Waals surface area contributed by atoms with Crippen molar-refractivity contribution in [2.45, 2.75) is 18.6 Å². The lowest BCUT2D eigenvalue weighted by Crippen LogP contribution is -2.55. The molecule has 3 aliphatic rings. The van der Waals surface area contributed by atoms with Crippen molar-refractivity contribution in [2.75, 3.05) is 19.8 Å². The number of hydrogen-bond donors (Lipinski definition) is 1. The zero-order chi connectivity index (χ0) is 6.69. The first kappa shape index (κ1) is 7.46. The first-order valence-corrected chi connectivity index (χ1v) is 4.54. The van der Waals surface area contributed by atoms with E-state index in [4.69, 9.17) is 4.74 Å². The van der Waals surface area contributed by atoms with Crippen LogP contribution in [0.2, 0.25) is 0 Å². The van der Waals surface area contributed by atoms with Crippen LogP contribution >= 0.6 is 9.24 Å². The molecule has 2 nitrogen and oxygen atoms in total. The average Bonchev–Trinajstić information content (AvgIpc) is 1.93. The highest BCUT2D eigenvalue weighted by Crippen LogP contribution is 2.22. The standard InChI is InChI=1S/C5H9NO.CH5P/c1-4-2-6-3-5(1)7-4;1-2/h4-6H,1-3H2;2H2,1H3. The lowest BCUT2D eigenvalue weighted by atomic mass is 10.0. The number of rotatable bonds is 0. The molecule has 2 bridgehead atoms. The minimum absolute atomic E-state index is 0.568. The first-order valence-electron chi connectivity index (χ1n) is 3.39. The second-order valence-corrected chi connectivity index (χ2v) is 2.27. The van der Waals surface area contributed by atoms with Crippen LogP contribution in [0.15, 0.2) is 0 Å². The average molecular weight is 147 g/mol. The van der Waals surface area contributed by atoms with Crippen LogP contribution in [0, 0.1) is 0 Å². The van der Waals surface area contributed by atoms with Crippen molar-refractivity contribution in [1.82, 2.24) is 5.32 Å². The van der Waals surface area contributed by atoms with Crippen molar-refractivity contribution >= 4 is 9.24 Å². The van der Waals surface area contributed by atoms with Gasteiger partial charge in [0, 0.05) is 19.5 Å². The molecule has 3 heterocycles. The fourth-order valence-corrected chi connectivity index (χ4v) is 1.22. The zero-order valence-corrected chi connectivity index (χ0v) is 6.92. The fraction of sp³-hybridized carbons (Fsp3) is 1.00. The molecular formula is C6H14NOP. The van der Waals surface area contributed by atoms with Crippen LogP contribution in [0.3, 0.4) is 0 Å². The second-order valence-electron chi connectivity index (χ2n) is 2.27. The van der Waals surface area contributed by atoms with Crippen molar-refractivity contribution in [3.8, 4) is 0 Å². The van der Waals surface area contributed by atoms with Crippen molar-refractivity contribution in [2.24, 2.45) is 0 Å². The summed E-state index contributed by atoms with van der Waals surface area (Å²) in [5.74, 6) is 0. The minimum Gasteiger partial charge on any atom is -0.372 e. The Morgan fingerprint density at radius 1 is 1.33 bits per heavy atom. The third kappa shape index (κ3) is 1.64. The van der Waals surface area contributed by atoms with Crippen LogP contribution in [-0.4, -0.2) is 32.0 Å². The molecule has 3 atom stereocenters. The summed E-state index contributed by atoms with van der Waals surface area (Å²) >= 11 is 0. The Balaban J connectivity index is 0.000000186. The lowest BCUT2D eigenvalue weighted by Gasteiger charge is -2.41. The topological polar surface area (TPSA) is 21.3 Å². The van der Waals surface area contributed by atoms with E-state index < -0.39 is 0 Å². The van der Waals surface area contributed by atoms with Gasteiger partial charge in [0.1, 0.15) is 0 Å². The van der Waals surface area contributed by atoms with Crippen LogP contribution in [0.5, 0.6) is 0 Å². The van der Waals surface area contributed by atoms with Crippen LogP contribution in [0.25, 0.3) is 0 Å². The summed E-state index contributed by atoms with van der Waals surface area (Å²) in [6.07, 6.45) is 2.44. The molecule has 1 N–H and O–H groups in total. The van der Waals surface area contributed by atoms with Crippen molar-refractivity contribution in [1.29, 1.82) is 0 Å². The van der Waals surface area contributed by atoms with Crippen LogP contribution in [0.1, 0.15) is 6.42 Å². The van der Waals surface area contributed by atoms with Gasteiger partial charge in [0.15, 0.2) is 0 Å². The van der Waals surface area contributed by atoms with E-state index in [0.717, 1.165) is 13.1 Å². The molecule has 3 rings (SSSR count). The summed E-state index contributed by atoms with van der Waals surface area (Å²) in [6.45, 7) is 4.08. The Kier molecular flexibility index (Phi) is 2.90. The van der Waals surface area contributed by atoms with E-state index in [2.05, 4.69) is 14.6 Å². The van der Waals surface area contributed by atoms with Crippen LogP contribution in [-0.2, 0) is 4.74 Å². The van der Waals surface area contributed by atoms with Gasteiger partial charge in [-0.2, -0.15) is 0 Å². The van der Waals surface area contributed by atoms with E-state index in [-0.39, 0.29) is 0 Å². The number of nitrogens with one attached hydrogen (secondary N) is 1. The highest BCUT2D eigenvalue weighted by Gasteiger charge is 2.33. The third-order valence-electron chi connectivity index (χ3n) is 1.65. The predicted octanol–water partition coefficient (Wildman–Crippen LogP) is 0.238. The van der Waals surface area contributed by atoms with Gasteiger partial charge in [0.25, 0.3) is 0 Å². The van der Waals surface area contributed by atoms with Gasteiger partial charge in [0.05, 0.1) is 12.2 Å². The van der Waals surface area contributed by atoms with Gasteiger partial charge in [-0.3, -0.25) is 0 Å². The quantitative estimate of drug-likeness (QED) is 0.495. The van der Waals surface area contributed by atoms with E-state index in [1.165, 1.54) is 6.42 Å². The molecule has 0 aromatic carbocycles. The second kappa shape index (κ2) is 3.50. The predicted molar refractivity (Wildman–Crippen MR) is 41.8 cm³/mol. The minimum atomic E-state index is 0.568. The smallest absolute Gasteiger partial charge is 0.0729 e. The Morgan fingerprint density at radius 2 is 1.78 bits per heavy atom. The number of piperidine rings is 1. The highest BCUT2D eigenvalue weighted by atomic mass is 31.0. The molecule has 0 radical (unpaired) electrons. The summed E-state index contributed by atoms with van der Waals surface area (Å²) in [5, 5.41) is 3.26. The van der Waals surface area contributed by atoms with Gasteiger partial charge < -0.3 is 10.1 Å². The molecule has 3 fully saturated rings. The lowest BCUT2D eigenvalue weighted by molar-refractivity contribution is -0.143. The van der Waals surface area contributed by atoms with Crippen molar-refractivity contribution in [3.05, 3.63) is 0 Å². The summed E-state index contributed by atoms with van der Waals surface area (Å²) in [7, 11) is 2.42. The maximum Gasteiger partial charge on any atom is 0.0729 e. The molecule has 0 saturated carbocycles. The molecule has 0 aliphatic carbocycles. The maximum atomic E-state index is 5.31. The molecular weight excluding hydrogens is 133 g/mol. The molecule has 0 aromatic heterocycles. The summed E-state index contributed by atoms with van der Waals surface area (Å²) in [5.41, 5.74) is 0. The maximum absolute atomic E-state index is 5.31. The summed E-state index contributed by atoms with van der Waals surface area (Å²) in [4.78, 5) is 0. The third-order valence-corrected chi connectivity index (χ3v) is 1.65. The fourth-order valence-electron chi connectivity index (χ4n) is 1.22. The van der Waals surface area contributed by atoms with Crippen LogP contribution in [0.4, 0.5) is 0 Å². The molecule has 3 heteroatoms. The van der Waals surface area contributed by atoms with Gasteiger partial charge in [-0.1, -0.05) is 6.66 Å². The number of hydrogen-bond acceptors (Lipinski definition) is 2. The van der Waals surface area contributed by atoms with Gasteiger partial charge in [0.2, 0.25) is 0 Å². The molecule has 3 saturated heterocycles. The highest BCUT2D eigenvalue weighted by molar-refractivity contribution is 7.15.